The third-order valence-corrected chi connectivity index (χ3v) is 3.86. The summed E-state index contributed by atoms with van der Waals surface area (Å²) in [5, 5.41) is 18.7. The molecule has 1 N–H and O–H groups in total. The third-order valence-electron chi connectivity index (χ3n) is 3.09. The Balaban J connectivity index is 2.27. The van der Waals surface area contributed by atoms with Crippen molar-refractivity contribution in [3.63, 3.8) is 0 Å². The molecule has 100 valence electrons. The predicted octanol–water partition coefficient (Wildman–Crippen LogP) is 3.39. The second-order valence-corrected chi connectivity index (χ2v) is 5.41. The molecule has 0 bridgehead atoms. The van der Waals surface area contributed by atoms with E-state index >= 15 is 0 Å². The van der Waals surface area contributed by atoms with Gasteiger partial charge in [-0.1, -0.05) is 41.1 Å². The molecule has 0 aliphatic carbocycles. The van der Waals surface area contributed by atoms with Crippen LogP contribution in [0.3, 0.4) is 0 Å². The lowest BCUT2D eigenvalue weighted by Gasteiger charge is -2.15. The molecule has 1 unspecified atom stereocenters. The van der Waals surface area contributed by atoms with Crippen LogP contribution < -0.4 is 0 Å². The SMILES string of the molecule is CCc1nnc(C)cc1C(O)Cc1ccccc1Br. The first-order valence-corrected chi connectivity index (χ1v) is 7.15. The number of aromatic nitrogens is 2. The van der Waals surface area contributed by atoms with Crippen LogP contribution in [0.1, 0.15) is 35.5 Å². The standard InChI is InChI=1S/C15H17BrN2O/c1-3-14-12(8-10(2)17-18-14)15(19)9-11-6-4-5-7-13(11)16/h4-8,15,19H,3,9H2,1-2H3. The summed E-state index contributed by atoms with van der Waals surface area (Å²) < 4.78 is 1.02. The highest BCUT2D eigenvalue weighted by Gasteiger charge is 2.15. The van der Waals surface area contributed by atoms with Crippen LogP contribution in [-0.2, 0) is 12.8 Å². The molecule has 0 aliphatic heterocycles. The first-order chi connectivity index (χ1) is 9.11. The molecule has 0 amide bonds. The Bertz CT molecular complexity index is 572. The maximum absolute atomic E-state index is 10.4. The molecule has 3 nitrogen and oxygen atoms in total. The van der Waals surface area contributed by atoms with Gasteiger partial charge in [-0.15, -0.1) is 0 Å². The minimum atomic E-state index is -0.553. The quantitative estimate of drug-likeness (QED) is 0.939. The van der Waals surface area contributed by atoms with Crippen molar-refractivity contribution in [1.29, 1.82) is 0 Å². The van der Waals surface area contributed by atoms with Crippen LogP contribution in [0.15, 0.2) is 34.8 Å². The topological polar surface area (TPSA) is 46.0 Å². The number of rotatable bonds is 4. The summed E-state index contributed by atoms with van der Waals surface area (Å²) in [7, 11) is 0. The fourth-order valence-electron chi connectivity index (χ4n) is 2.08. The van der Waals surface area contributed by atoms with Crippen LogP contribution in [0.2, 0.25) is 0 Å². The van der Waals surface area contributed by atoms with Gasteiger partial charge in [0.2, 0.25) is 0 Å². The molecule has 2 rings (SSSR count). The second kappa shape index (κ2) is 6.26. The van der Waals surface area contributed by atoms with Gasteiger partial charge in [-0.3, -0.25) is 0 Å². The molecular formula is C15H17BrN2O. The monoisotopic (exact) mass is 320 g/mol. The van der Waals surface area contributed by atoms with E-state index in [2.05, 4.69) is 26.1 Å². The molecule has 1 aromatic heterocycles. The lowest BCUT2D eigenvalue weighted by molar-refractivity contribution is 0.176. The Labute approximate surface area is 121 Å². The molecule has 1 aromatic carbocycles. The summed E-state index contributed by atoms with van der Waals surface area (Å²) in [4.78, 5) is 0. The molecule has 19 heavy (non-hydrogen) atoms. The van der Waals surface area contributed by atoms with E-state index in [9.17, 15) is 5.11 Å². The van der Waals surface area contributed by atoms with Crippen molar-refractivity contribution < 1.29 is 5.11 Å². The van der Waals surface area contributed by atoms with Crippen LogP contribution >= 0.6 is 15.9 Å². The average Bonchev–Trinajstić information content (AvgIpc) is 2.41. The molecule has 0 spiro atoms. The maximum Gasteiger partial charge on any atom is 0.0849 e. The van der Waals surface area contributed by atoms with Gasteiger partial charge in [0.1, 0.15) is 0 Å². The van der Waals surface area contributed by atoms with Crippen molar-refractivity contribution in [2.75, 3.05) is 0 Å². The van der Waals surface area contributed by atoms with E-state index in [1.165, 1.54) is 0 Å². The Kier molecular flexibility index (Phi) is 4.66. The number of hydrogen-bond donors (Lipinski definition) is 1. The second-order valence-electron chi connectivity index (χ2n) is 4.55. The molecular weight excluding hydrogens is 304 g/mol. The zero-order valence-corrected chi connectivity index (χ0v) is 12.7. The number of benzene rings is 1. The van der Waals surface area contributed by atoms with Crippen molar-refractivity contribution in [2.24, 2.45) is 0 Å². The van der Waals surface area contributed by atoms with E-state index < -0.39 is 6.10 Å². The molecule has 0 aliphatic rings. The average molecular weight is 321 g/mol. The lowest BCUT2D eigenvalue weighted by atomic mass is 9.99. The first-order valence-electron chi connectivity index (χ1n) is 6.36. The van der Waals surface area contributed by atoms with Crippen molar-refractivity contribution in [1.82, 2.24) is 10.2 Å². The van der Waals surface area contributed by atoms with Crippen LogP contribution in [0, 0.1) is 6.92 Å². The van der Waals surface area contributed by atoms with Gasteiger partial charge in [-0.2, -0.15) is 10.2 Å². The van der Waals surface area contributed by atoms with Gasteiger partial charge in [0, 0.05) is 16.5 Å². The minimum Gasteiger partial charge on any atom is -0.388 e. The molecule has 0 radical (unpaired) electrons. The Morgan fingerprint density at radius 3 is 2.68 bits per heavy atom. The lowest BCUT2D eigenvalue weighted by Crippen LogP contribution is -2.09. The number of halogens is 1. The van der Waals surface area contributed by atoms with Crippen molar-refractivity contribution in [3.05, 3.63) is 57.3 Å². The number of nitrogens with zero attached hydrogens (tertiary/aromatic N) is 2. The molecule has 0 saturated carbocycles. The summed E-state index contributed by atoms with van der Waals surface area (Å²) in [5.41, 5.74) is 3.67. The smallest absolute Gasteiger partial charge is 0.0849 e. The van der Waals surface area contributed by atoms with E-state index in [-0.39, 0.29) is 0 Å². The van der Waals surface area contributed by atoms with Gasteiger partial charge in [0.15, 0.2) is 0 Å². The van der Waals surface area contributed by atoms with Gasteiger partial charge in [0.05, 0.1) is 17.5 Å². The van der Waals surface area contributed by atoms with Gasteiger partial charge in [0.25, 0.3) is 0 Å². The molecule has 0 fully saturated rings. The number of aryl methyl sites for hydroxylation is 2. The largest absolute Gasteiger partial charge is 0.388 e. The van der Waals surface area contributed by atoms with Crippen molar-refractivity contribution in [3.8, 4) is 0 Å². The van der Waals surface area contributed by atoms with E-state index in [0.29, 0.717) is 6.42 Å². The van der Waals surface area contributed by atoms with E-state index in [0.717, 1.165) is 33.4 Å². The van der Waals surface area contributed by atoms with Crippen LogP contribution in [0.4, 0.5) is 0 Å². The number of hydrogen-bond acceptors (Lipinski definition) is 3. The summed E-state index contributed by atoms with van der Waals surface area (Å²) in [6, 6.07) is 9.87. The van der Waals surface area contributed by atoms with E-state index in [1.807, 2.05) is 44.2 Å². The summed E-state index contributed by atoms with van der Waals surface area (Å²) in [6.07, 6.45) is 0.790. The molecule has 1 atom stereocenters. The summed E-state index contributed by atoms with van der Waals surface area (Å²) in [5.74, 6) is 0. The molecule has 0 saturated heterocycles. The van der Waals surface area contributed by atoms with Gasteiger partial charge < -0.3 is 5.11 Å². The van der Waals surface area contributed by atoms with Gasteiger partial charge >= 0.3 is 0 Å². The third kappa shape index (κ3) is 3.39. The summed E-state index contributed by atoms with van der Waals surface area (Å²) in [6.45, 7) is 3.91. The van der Waals surface area contributed by atoms with Gasteiger partial charge in [-0.25, -0.2) is 0 Å². The summed E-state index contributed by atoms with van der Waals surface area (Å²) >= 11 is 3.51. The normalized spacial score (nSPS) is 12.4. The van der Waals surface area contributed by atoms with Gasteiger partial charge in [-0.05, 0) is 31.0 Å². The fourth-order valence-corrected chi connectivity index (χ4v) is 2.53. The van der Waals surface area contributed by atoms with Crippen LogP contribution in [0.25, 0.3) is 0 Å². The van der Waals surface area contributed by atoms with Crippen molar-refractivity contribution in [2.45, 2.75) is 32.8 Å². The van der Waals surface area contributed by atoms with E-state index in [4.69, 9.17) is 0 Å². The van der Waals surface area contributed by atoms with Crippen LogP contribution in [0.5, 0.6) is 0 Å². The number of aliphatic hydroxyl groups is 1. The zero-order chi connectivity index (χ0) is 13.8. The highest BCUT2D eigenvalue weighted by atomic mass is 79.9. The molecule has 1 heterocycles. The minimum absolute atomic E-state index is 0.553. The Morgan fingerprint density at radius 1 is 1.26 bits per heavy atom. The Hall–Kier alpha value is -1.26. The zero-order valence-electron chi connectivity index (χ0n) is 11.1. The number of aliphatic hydroxyl groups excluding tert-OH is 1. The molecule has 2 aromatic rings. The highest BCUT2D eigenvalue weighted by Crippen LogP contribution is 2.25. The van der Waals surface area contributed by atoms with E-state index in [1.54, 1.807) is 0 Å². The maximum atomic E-state index is 10.4. The molecule has 4 heteroatoms. The Morgan fingerprint density at radius 2 is 2.00 bits per heavy atom. The predicted molar refractivity (Wildman–Crippen MR) is 79.0 cm³/mol. The highest BCUT2D eigenvalue weighted by molar-refractivity contribution is 9.10. The van der Waals surface area contributed by atoms with Crippen LogP contribution in [-0.4, -0.2) is 15.3 Å². The fraction of sp³-hybridized carbons (Fsp3) is 0.333. The first kappa shape index (κ1) is 14.2. The van der Waals surface area contributed by atoms with Crippen molar-refractivity contribution >= 4 is 15.9 Å².